The minimum absolute atomic E-state index is 0.833. The van der Waals surface area contributed by atoms with Crippen LogP contribution >= 0.6 is 0 Å². The lowest BCUT2D eigenvalue weighted by Gasteiger charge is -1.95. The van der Waals surface area contributed by atoms with Gasteiger partial charge in [-0.25, -0.2) is 0 Å². The number of rotatable bonds is 3. The second-order valence-electron chi connectivity index (χ2n) is 5.61. The summed E-state index contributed by atoms with van der Waals surface area (Å²) >= 11 is 0. The first-order valence-corrected chi connectivity index (χ1v) is 11.2. The molecule has 0 spiro atoms. The summed E-state index contributed by atoms with van der Waals surface area (Å²) in [6.45, 7) is 36.7. The zero-order chi connectivity index (χ0) is 23.4. The van der Waals surface area contributed by atoms with Crippen LogP contribution in [-0.2, 0) is 0 Å². The average molecular weight is 375 g/mol. The Hall–Kier alpha value is -0.700. The Kier molecular flexibility index (Phi) is 198. The summed E-state index contributed by atoms with van der Waals surface area (Å²) in [4.78, 5) is 0. The second kappa shape index (κ2) is 103. The highest BCUT2D eigenvalue weighted by molar-refractivity contribution is 4.73. The van der Waals surface area contributed by atoms with Crippen molar-refractivity contribution in [3.63, 3.8) is 0 Å². The summed E-state index contributed by atoms with van der Waals surface area (Å²) in [7, 11) is 0. The van der Waals surface area contributed by atoms with E-state index in [0.717, 1.165) is 18.3 Å². The predicted octanol–water partition coefficient (Wildman–Crippen LogP) is 10.8. The molecule has 166 valence electrons. The predicted molar refractivity (Wildman–Crippen MR) is 135 cm³/mol. The van der Waals surface area contributed by atoms with Crippen molar-refractivity contribution < 1.29 is 0 Å². The Morgan fingerprint density at radius 2 is 0.962 bits per heavy atom. The third-order valence-electron chi connectivity index (χ3n) is 1.15. The van der Waals surface area contributed by atoms with Crippen molar-refractivity contribution in [2.75, 3.05) is 0 Å². The zero-order valence-electron chi connectivity index (χ0n) is 22.3. The molecule has 0 aromatic rings. The monoisotopic (exact) mass is 374 g/mol. The first kappa shape index (κ1) is 49.9. The van der Waals surface area contributed by atoms with E-state index in [0.29, 0.717) is 0 Å². The molecular formula is C26H62. The van der Waals surface area contributed by atoms with Gasteiger partial charge in [-0.15, -0.1) is 18.9 Å². The maximum Gasteiger partial charge on any atom is -0.00297 e. The first-order chi connectivity index (χ1) is 12.2. The molecule has 0 aliphatic rings. The molecular weight excluding hydrogens is 312 g/mol. The highest BCUT2D eigenvalue weighted by Gasteiger charge is 1.85. The van der Waals surface area contributed by atoms with Crippen LogP contribution in [0.5, 0.6) is 0 Å². The van der Waals surface area contributed by atoms with Gasteiger partial charge in [0, 0.05) is 0 Å². The quantitative estimate of drug-likeness (QED) is 0.340. The standard InChI is InChI=1S/C6H14.C4H10.C4H8.C3H8.C3H4.3C2H6/c1-4-5-6(2)3;1-4(2)3;1-3-4-2;2*1-3-2;3*1-2/h6H,4-5H2,1-3H3;4H,1-3H3;3H,1,4H2,2H3;3H2,1-2H3;1H,2H3;3*1-2H3. The van der Waals surface area contributed by atoms with Crippen molar-refractivity contribution >= 4 is 0 Å². The van der Waals surface area contributed by atoms with Gasteiger partial charge in [0.25, 0.3) is 0 Å². The lowest BCUT2D eigenvalue weighted by atomic mass is 10.1. The molecule has 0 aromatic heterocycles. The highest BCUT2D eigenvalue weighted by atomic mass is 13.9. The maximum atomic E-state index is 4.60. The SMILES string of the molecule is C#CC.C=CCC.CC.CC.CC.CC(C)C.CCC.CCCC(C)C. The van der Waals surface area contributed by atoms with Crippen LogP contribution in [0.3, 0.4) is 0 Å². The fourth-order valence-electron chi connectivity index (χ4n) is 0.577. The van der Waals surface area contributed by atoms with Crippen molar-refractivity contribution in [1.29, 1.82) is 0 Å². The van der Waals surface area contributed by atoms with Crippen LogP contribution in [0.15, 0.2) is 12.7 Å². The molecule has 0 N–H and O–H groups in total. The van der Waals surface area contributed by atoms with Crippen LogP contribution in [0, 0.1) is 24.2 Å². The minimum Gasteiger partial charge on any atom is -0.120 e. The first-order valence-electron chi connectivity index (χ1n) is 11.2. The number of terminal acetylenes is 1. The molecule has 0 aromatic carbocycles. The number of allylic oxidation sites excluding steroid dienone is 1. The van der Waals surface area contributed by atoms with Crippen LogP contribution in [0.1, 0.15) is 136 Å². The van der Waals surface area contributed by atoms with E-state index in [1.807, 2.05) is 47.6 Å². The van der Waals surface area contributed by atoms with E-state index in [-0.39, 0.29) is 0 Å². The van der Waals surface area contributed by atoms with Crippen molar-refractivity contribution in [2.45, 2.75) is 136 Å². The molecule has 0 amide bonds. The van der Waals surface area contributed by atoms with Crippen LogP contribution < -0.4 is 0 Å². The summed E-state index contributed by atoms with van der Waals surface area (Å²) in [5, 5.41) is 0. The van der Waals surface area contributed by atoms with Gasteiger partial charge in [0.2, 0.25) is 0 Å². The topological polar surface area (TPSA) is 0 Å². The molecule has 0 saturated heterocycles. The molecule has 0 bridgehead atoms. The van der Waals surface area contributed by atoms with Crippen LogP contribution in [-0.4, -0.2) is 0 Å². The Morgan fingerprint density at radius 3 is 0.962 bits per heavy atom. The second-order valence-corrected chi connectivity index (χ2v) is 5.61. The molecule has 0 aliphatic carbocycles. The van der Waals surface area contributed by atoms with E-state index in [1.165, 1.54) is 19.3 Å². The van der Waals surface area contributed by atoms with E-state index < -0.39 is 0 Å². The van der Waals surface area contributed by atoms with Gasteiger partial charge < -0.3 is 0 Å². The van der Waals surface area contributed by atoms with Gasteiger partial charge in [-0.1, -0.05) is 129 Å². The van der Waals surface area contributed by atoms with Crippen molar-refractivity contribution in [3.8, 4) is 12.3 Å². The van der Waals surface area contributed by atoms with Crippen LogP contribution in [0.2, 0.25) is 0 Å². The third-order valence-corrected chi connectivity index (χ3v) is 1.15. The molecule has 0 fully saturated rings. The lowest BCUT2D eigenvalue weighted by Crippen LogP contribution is -1.81. The normalized spacial score (nSPS) is 6.35. The van der Waals surface area contributed by atoms with E-state index in [1.54, 1.807) is 6.92 Å². The van der Waals surface area contributed by atoms with Crippen molar-refractivity contribution in [3.05, 3.63) is 12.7 Å². The Labute approximate surface area is 173 Å². The molecule has 0 radical (unpaired) electrons. The summed E-state index contributed by atoms with van der Waals surface area (Å²) in [6.07, 6.45) is 11.5. The molecule has 0 aliphatic heterocycles. The van der Waals surface area contributed by atoms with Crippen LogP contribution in [0.25, 0.3) is 0 Å². The van der Waals surface area contributed by atoms with E-state index in [2.05, 4.69) is 81.2 Å². The van der Waals surface area contributed by atoms with E-state index in [4.69, 9.17) is 0 Å². The van der Waals surface area contributed by atoms with Crippen molar-refractivity contribution in [2.24, 2.45) is 11.8 Å². The molecule has 0 nitrogen and oxygen atoms in total. The van der Waals surface area contributed by atoms with E-state index in [9.17, 15) is 0 Å². The average Bonchev–Trinajstić information content (AvgIpc) is 2.61. The molecule has 0 heterocycles. The van der Waals surface area contributed by atoms with Crippen LogP contribution in [0.4, 0.5) is 0 Å². The zero-order valence-corrected chi connectivity index (χ0v) is 22.3. The van der Waals surface area contributed by atoms with E-state index >= 15 is 0 Å². The maximum absolute atomic E-state index is 4.60. The summed E-state index contributed by atoms with van der Waals surface area (Å²) in [5.41, 5.74) is 0. The van der Waals surface area contributed by atoms with Gasteiger partial charge in [-0.2, -0.15) is 0 Å². The van der Waals surface area contributed by atoms with Gasteiger partial charge in [0.15, 0.2) is 0 Å². The molecule has 0 rings (SSSR count). The van der Waals surface area contributed by atoms with Gasteiger partial charge >= 0.3 is 0 Å². The van der Waals surface area contributed by atoms with Gasteiger partial charge in [0.1, 0.15) is 0 Å². The summed E-state index contributed by atoms with van der Waals surface area (Å²) in [6, 6.07) is 0. The summed E-state index contributed by atoms with van der Waals surface area (Å²) in [5.74, 6) is 3.98. The van der Waals surface area contributed by atoms with Gasteiger partial charge in [-0.05, 0) is 25.2 Å². The van der Waals surface area contributed by atoms with Gasteiger partial charge in [0.05, 0.1) is 0 Å². The van der Waals surface area contributed by atoms with Gasteiger partial charge in [-0.3, -0.25) is 0 Å². The minimum atomic E-state index is 0.833. The number of hydrogen-bond donors (Lipinski definition) is 0. The smallest absolute Gasteiger partial charge is 0.00297 e. The Balaban J connectivity index is -0.0000000246. The molecule has 0 heteroatoms. The number of hydrogen-bond acceptors (Lipinski definition) is 0. The fourth-order valence-corrected chi connectivity index (χ4v) is 0.577. The van der Waals surface area contributed by atoms with Crippen molar-refractivity contribution in [1.82, 2.24) is 0 Å². The molecule has 0 unspecified atom stereocenters. The molecule has 0 atom stereocenters. The Bertz CT molecular complexity index is 143. The largest absolute Gasteiger partial charge is 0.120 e. The third kappa shape index (κ3) is 1060. The molecule has 26 heavy (non-hydrogen) atoms. The lowest BCUT2D eigenvalue weighted by molar-refractivity contribution is 0.576. The fraction of sp³-hybridized carbons (Fsp3) is 0.846. The Morgan fingerprint density at radius 1 is 0.808 bits per heavy atom. The highest BCUT2D eigenvalue weighted by Crippen LogP contribution is 2.00. The molecule has 0 saturated carbocycles. The summed E-state index contributed by atoms with van der Waals surface area (Å²) < 4.78 is 0.